The summed E-state index contributed by atoms with van der Waals surface area (Å²) in [6.45, 7) is 3.91. The fraction of sp³-hybridized carbons (Fsp3) is 0.148. The van der Waals surface area contributed by atoms with Crippen LogP contribution in [0.1, 0.15) is 16.7 Å². The van der Waals surface area contributed by atoms with E-state index < -0.39 is 11.2 Å². The van der Waals surface area contributed by atoms with Gasteiger partial charge in [-0.25, -0.2) is 0 Å². The van der Waals surface area contributed by atoms with Crippen LogP contribution in [-0.4, -0.2) is 17.1 Å². The van der Waals surface area contributed by atoms with Crippen molar-refractivity contribution in [2.75, 3.05) is 10.2 Å². The molecule has 4 rings (SSSR count). The molecule has 170 valence electrons. The van der Waals surface area contributed by atoms with Crippen LogP contribution in [0.2, 0.25) is 5.02 Å². The highest BCUT2D eigenvalue weighted by Crippen LogP contribution is 2.42. The fourth-order valence-electron chi connectivity index (χ4n) is 3.61. The van der Waals surface area contributed by atoms with Gasteiger partial charge >= 0.3 is 0 Å². The van der Waals surface area contributed by atoms with Gasteiger partial charge < -0.3 is 5.32 Å². The second-order valence-electron chi connectivity index (χ2n) is 8.02. The molecule has 0 saturated carbocycles. The maximum absolute atomic E-state index is 13.5. The highest BCUT2D eigenvalue weighted by atomic mass is 35.5. The molecule has 1 saturated heterocycles. The van der Waals surface area contributed by atoms with Crippen LogP contribution >= 0.6 is 23.4 Å². The Morgan fingerprint density at radius 2 is 1.65 bits per heavy atom. The molecule has 2 amide bonds. The summed E-state index contributed by atoms with van der Waals surface area (Å²) in [7, 11) is 0. The highest BCUT2D eigenvalue weighted by molar-refractivity contribution is 8.05. The highest BCUT2D eigenvalue weighted by Gasteiger charge is 2.41. The molecule has 7 heteroatoms. The van der Waals surface area contributed by atoms with E-state index in [4.69, 9.17) is 11.6 Å². The first-order valence-electron chi connectivity index (χ1n) is 10.7. The van der Waals surface area contributed by atoms with Crippen LogP contribution in [0.15, 0.2) is 83.4 Å². The second-order valence-corrected chi connectivity index (χ2v) is 9.62. The average Bonchev–Trinajstić information content (AvgIpc) is 3.13. The lowest BCUT2D eigenvalue weighted by Gasteiger charge is -2.19. The summed E-state index contributed by atoms with van der Waals surface area (Å²) in [6, 6.07) is 24.1. The number of nitriles is 1. The van der Waals surface area contributed by atoms with Crippen molar-refractivity contribution in [1.29, 1.82) is 5.26 Å². The molecule has 0 radical (unpaired) electrons. The summed E-state index contributed by atoms with van der Waals surface area (Å²) in [4.78, 5) is 28.1. The number of carbonyl (C=O) groups is 2. The van der Waals surface area contributed by atoms with Gasteiger partial charge in [-0.3, -0.25) is 14.5 Å². The summed E-state index contributed by atoms with van der Waals surface area (Å²) < 4.78 is 0. The predicted molar refractivity (Wildman–Crippen MR) is 138 cm³/mol. The van der Waals surface area contributed by atoms with Gasteiger partial charge in [-0.05, 0) is 56.2 Å². The molecule has 0 aromatic heterocycles. The topological polar surface area (TPSA) is 73.2 Å². The van der Waals surface area contributed by atoms with Gasteiger partial charge in [-0.1, -0.05) is 77.0 Å². The van der Waals surface area contributed by atoms with Crippen molar-refractivity contribution in [3.8, 4) is 6.07 Å². The van der Waals surface area contributed by atoms with Gasteiger partial charge in [0.05, 0.1) is 5.25 Å². The monoisotopic (exact) mass is 487 g/mol. The quantitative estimate of drug-likeness (QED) is 0.352. The lowest BCUT2D eigenvalue weighted by Crippen LogP contribution is -2.31. The molecule has 0 bridgehead atoms. The van der Waals surface area contributed by atoms with E-state index in [9.17, 15) is 14.9 Å². The third kappa shape index (κ3) is 5.01. The molecule has 1 aliphatic heterocycles. The van der Waals surface area contributed by atoms with E-state index in [1.807, 2.05) is 74.5 Å². The van der Waals surface area contributed by atoms with Gasteiger partial charge in [-0.15, -0.1) is 0 Å². The Labute approximate surface area is 208 Å². The molecule has 0 spiro atoms. The Morgan fingerprint density at radius 1 is 1.03 bits per heavy atom. The van der Waals surface area contributed by atoms with E-state index in [0.717, 1.165) is 16.7 Å². The van der Waals surface area contributed by atoms with Gasteiger partial charge in [0.1, 0.15) is 16.7 Å². The number of amides is 2. The third-order valence-electron chi connectivity index (χ3n) is 5.47. The normalized spacial score (nSPS) is 16.8. The molecule has 1 N–H and O–H groups in total. The first kappa shape index (κ1) is 23.6. The maximum Gasteiger partial charge on any atom is 0.269 e. The number of hydrogen-bond acceptors (Lipinski definition) is 4. The number of anilines is 2. The van der Waals surface area contributed by atoms with Crippen molar-refractivity contribution in [1.82, 2.24) is 0 Å². The van der Waals surface area contributed by atoms with Crippen molar-refractivity contribution < 1.29 is 9.59 Å². The molecule has 5 nitrogen and oxygen atoms in total. The molecule has 1 aliphatic rings. The van der Waals surface area contributed by atoms with E-state index in [1.54, 1.807) is 18.2 Å². The number of thioether (sulfide) groups is 1. The average molecular weight is 488 g/mol. The molecule has 3 aromatic rings. The van der Waals surface area contributed by atoms with Gasteiger partial charge in [0.2, 0.25) is 5.91 Å². The number of nitrogens with zero attached hydrogens (tertiary/aromatic N) is 2. The number of hydrogen-bond donors (Lipinski definition) is 1. The Bertz CT molecular complexity index is 1310. The van der Waals surface area contributed by atoms with E-state index in [-0.39, 0.29) is 11.5 Å². The SMILES string of the molecule is Cc1ccc(NC(=O)/C(C#N)=C2\S[C@H](Cc3ccccc3Cl)C(=O)N2c2ccc(C)cc2)cc1. The van der Waals surface area contributed by atoms with Crippen molar-refractivity contribution in [2.24, 2.45) is 0 Å². The van der Waals surface area contributed by atoms with Crippen LogP contribution in [0.4, 0.5) is 11.4 Å². The first-order valence-corrected chi connectivity index (χ1v) is 12.0. The maximum atomic E-state index is 13.5. The van der Waals surface area contributed by atoms with E-state index >= 15 is 0 Å². The Hall–Kier alpha value is -3.53. The van der Waals surface area contributed by atoms with Crippen LogP contribution in [0, 0.1) is 25.2 Å². The number of aryl methyl sites for hydroxylation is 2. The number of benzene rings is 3. The zero-order valence-electron chi connectivity index (χ0n) is 18.7. The van der Waals surface area contributed by atoms with E-state index in [2.05, 4.69) is 5.32 Å². The van der Waals surface area contributed by atoms with Crippen molar-refractivity contribution >= 4 is 46.6 Å². The summed E-state index contributed by atoms with van der Waals surface area (Å²) >= 11 is 7.55. The largest absolute Gasteiger partial charge is 0.321 e. The standard InChI is InChI=1S/C27H22ClN3O2S/c1-17-7-11-20(12-8-17)30-25(32)22(16-29)27-31(21-13-9-18(2)10-14-21)26(33)24(34-27)15-19-5-3-4-6-23(19)28/h3-14,24H,15H2,1-2H3,(H,30,32)/b27-22-/t24-/m1/s1. The minimum absolute atomic E-state index is 0.110. The Balaban J connectivity index is 1.73. The molecular weight excluding hydrogens is 466 g/mol. The lowest BCUT2D eigenvalue weighted by molar-refractivity contribution is -0.117. The van der Waals surface area contributed by atoms with Crippen molar-refractivity contribution in [2.45, 2.75) is 25.5 Å². The van der Waals surface area contributed by atoms with Crippen LogP contribution in [0.3, 0.4) is 0 Å². The van der Waals surface area contributed by atoms with E-state index in [0.29, 0.717) is 27.8 Å². The summed E-state index contributed by atoms with van der Waals surface area (Å²) in [5.74, 6) is -0.753. The van der Waals surface area contributed by atoms with Gasteiger partial charge in [0, 0.05) is 16.4 Å². The summed E-state index contributed by atoms with van der Waals surface area (Å²) in [6.07, 6.45) is 0.382. The molecule has 1 atom stereocenters. The van der Waals surface area contributed by atoms with Gasteiger partial charge in [-0.2, -0.15) is 5.26 Å². The number of halogens is 1. The fourth-order valence-corrected chi connectivity index (χ4v) is 5.12. The van der Waals surface area contributed by atoms with Gasteiger partial charge in [0.15, 0.2) is 0 Å². The lowest BCUT2D eigenvalue weighted by atomic mass is 10.1. The molecule has 34 heavy (non-hydrogen) atoms. The third-order valence-corrected chi connectivity index (χ3v) is 7.10. The minimum Gasteiger partial charge on any atom is -0.321 e. The van der Waals surface area contributed by atoms with Crippen LogP contribution in [-0.2, 0) is 16.0 Å². The molecule has 0 unspecified atom stereocenters. The minimum atomic E-state index is -0.558. The van der Waals surface area contributed by atoms with E-state index in [1.165, 1.54) is 16.7 Å². The number of carbonyl (C=O) groups excluding carboxylic acids is 2. The van der Waals surface area contributed by atoms with Crippen molar-refractivity contribution in [3.05, 3.63) is 105 Å². The second kappa shape index (κ2) is 10.2. The smallest absolute Gasteiger partial charge is 0.269 e. The summed E-state index contributed by atoms with van der Waals surface area (Å²) in [5.41, 5.74) is 4.01. The predicted octanol–water partition coefficient (Wildman–Crippen LogP) is 6.02. The molecular formula is C27H22ClN3O2S. The van der Waals surface area contributed by atoms with Crippen LogP contribution < -0.4 is 10.2 Å². The Kier molecular flexibility index (Phi) is 7.06. The molecule has 1 heterocycles. The number of nitrogens with one attached hydrogen (secondary N) is 1. The molecule has 0 aliphatic carbocycles. The van der Waals surface area contributed by atoms with Gasteiger partial charge in [0.25, 0.3) is 5.91 Å². The van der Waals surface area contributed by atoms with Crippen LogP contribution in [0.5, 0.6) is 0 Å². The Morgan fingerprint density at radius 3 is 2.26 bits per heavy atom. The summed E-state index contributed by atoms with van der Waals surface area (Å²) in [5, 5.41) is 13.1. The zero-order valence-corrected chi connectivity index (χ0v) is 20.3. The molecule has 1 fully saturated rings. The molecule has 3 aromatic carbocycles. The van der Waals surface area contributed by atoms with Crippen molar-refractivity contribution in [3.63, 3.8) is 0 Å². The zero-order chi connectivity index (χ0) is 24.2. The first-order chi connectivity index (χ1) is 16.4. The van der Waals surface area contributed by atoms with Crippen LogP contribution in [0.25, 0.3) is 0 Å². The number of rotatable bonds is 5.